The Morgan fingerprint density at radius 1 is 1.39 bits per heavy atom. The van der Waals surface area contributed by atoms with Gasteiger partial charge in [-0.3, -0.25) is 0 Å². The Morgan fingerprint density at radius 3 is 2.72 bits per heavy atom. The van der Waals surface area contributed by atoms with Gasteiger partial charge < -0.3 is 10.1 Å². The number of rotatable bonds is 7. The van der Waals surface area contributed by atoms with Crippen molar-refractivity contribution in [3.63, 3.8) is 0 Å². The smallest absolute Gasteiger partial charge is 0.365 e. The Labute approximate surface area is 108 Å². The number of halogens is 3. The van der Waals surface area contributed by atoms with Crippen molar-refractivity contribution in [1.82, 2.24) is 10.3 Å². The van der Waals surface area contributed by atoms with Gasteiger partial charge in [0.15, 0.2) is 0 Å². The van der Waals surface area contributed by atoms with Crippen LogP contribution in [0.15, 0.2) is 0 Å². The van der Waals surface area contributed by atoms with Crippen molar-refractivity contribution in [3.05, 3.63) is 15.6 Å². The Bertz CT molecular complexity index is 366. The molecular weight excluding hydrogens is 265 g/mol. The molecule has 0 aliphatic rings. The lowest BCUT2D eigenvalue weighted by molar-refractivity contribution is -0.176. The summed E-state index contributed by atoms with van der Waals surface area (Å²) in [6, 6.07) is 0. The molecule has 0 fully saturated rings. The maximum atomic E-state index is 11.9. The first-order valence-electron chi connectivity index (χ1n) is 5.72. The second-order valence-electron chi connectivity index (χ2n) is 3.90. The van der Waals surface area contributed by atoms with E-state index in [0.717, 1.165) is 23.5 Å². The van der Waals surface area contributed by atoms with Gasteiger partial charge in [-0.05, 0) is 19.9 Å². The molecule has 0 saturated carbocycles. The summed E-state index contributed by atoms with van der Waals surface area (Å²) in [5, 5.41) is 3.82. The standard InChI is InChI=1S/C11H17F3N2OS/c1-3-4-15-5-9-8(2)16-10(18-9)6-17-7-11(12,13)14/h15H,3-7H2,1-2H3. The molecule has 18 heavy (non-hydrogen) atoms. The maximum Gasteiger partial charge on any atom is 0.411 e. The summed E-state index contributed by atoms with van der Waals surface area (Å²) in [7, 11) is 0. The molecule has 0 bridgehead atoms. The van der Waals surface area contributed by atoms with Crippen LogP contribution in [0.4, 0.5) is 13.2 Å². The molecule has 104 valence electrons. The van der Waals surface area contributed by atoms with Gasteiger partial charge >= 0.3 is 6.18 Å². The first-order valence-corrected chi connectivity index (χ1v) is 6.54. The number of hydrogen-bond acceptors (Lipinski definition) is 4. The van der Waals surface area contributed by atoms with Crippen molar-refractivity contribution in [2.45, 2.75) is 39.6 Å². The number of ether oxygens (including phenoxy) is 1. The topological polar surface area (TPSA) is 34.1 Å². The minimum atomic E-state index is -4.28. The summed E-state index contributed by atoms with van der Waals surface area (Å²) in [4.78, 5) is 5.25. The lowest BCUT2D eigenvalue weighted by Gasteiger charge is -2.05. The number of nitrogens with zero attached hydrogens (tertiary/aromatic N) is 1. The van der Waals surface area contributed by atoms with Crippen LogP contribution in [0.5, 0.6) is 0 Å². The van der Waals surface area contributed by atoms with E-state index in [1.54, 1.807) is 0 Å². The highest BCUT2D eigenvalue weighted by Crippen LogP contribution is 2.20. The molecule has 3 nitrogen and oxygen atoms in total. The van der Waals surface area contributed by atoms with Gasteiger partial charge in [0.05, 0.1) is 12.3 Å². The lowest BCUT2D eigenvalue weighted by atomic mass is 10.4. The number of thiazole rings is 1. The van der Waals surface area contributed by atoms with Gasteiger partial charge in [0, 0.05) is 11.4 Å². The van der Waals surface area contributed by atoms with Crippen molar-refractivity contribution >= 4 is 11.3 Å². The fourth-order valence-electron chi connectivity index (χ4n) is 1.35. The third-order valence-corrected chi connectivity index (χ3v) is 3.27. The van der Waals surface area contributed by atoms with Crippen LogP contribution in [0.25, 0.3) is 0 Å². The number of hydrogen-bond donors (Lipinski definition) is 1. The molecule has 1 rings (SSSR count). The highest BCUT2D eigenvalue weighted by molar-refractivity contribution is 7.11. The Balaban J connectivity index is 2.41. The monoisotopic (exact) mass is 282 g/mol. The Morgan fingerprint density at radius 2 is 2.11 bits per heavy atom. The molecule has 1 heterocycles. The van der Waals surface area contributed by atoms with Crippen LogP contribution in [0.1, 0.15) is 28.9 Å². The van der Waals surface area contributed by atoms with Crippen molar-refractivity contribution in [1.29, 1.82) is 0 Å². The van der Waals surface area contributed by atoms with Crippen LogP contribution in [0.2, 0.25) is 0 Å². The Hall–Kier alpha value is -0.660. The van der Waals surface area contributed by atoms with Gasteiger partial charge in [-0.2, -0.15) is 13.2 Å². The lowest BCUT2D eigenvalue weighted by Crippen LogP contribution is -2.16. The third kappa shape index (κ3) is 5.79. The minimum absolute atomic E-state index is 0.0845. The van der Waals surface area contributed by atoms with E-state index in [1.165, 1.54) is 11.3 Å². The van der Waals surface area contributed by atoms with Crippen LogP contribution in [0, 0.1) is 6.92 Å². The number of aryl methyl sites for hydroxylation is 1. The van der Waals surface area contributed by atoms with Crippen LogP contribution in [0.3, 0.4) is 0 Å². The largest absolute Gasteiger partial charge is 0.411 e. The van der Waals surface area contributed by atoms with Gasteiger partial charge in [0.1, 0.15) is 11.6 Å². The van der Waals surface area contributed by atoms with E-state index in [9.17, 15) is 13.2 Å². The molecule has 0 aliphatic carbocycles. The SMILES string of the molecule is CCCNCc1sc(COCC(F)(F)F)nc1C. The highest BCUT2D eigenvalue weighted by atomic mass is 32.1. The molecule has 1 aromatic rings. The summed E-state index contributed by atoms with van der Waals surface area (Å²) in [5.74, 6) is 0. The molecule has 0 saturated heterocycles. The fourth-order valence-corrected chi connectivity index (χ4v) is 2.32. The summed E-state index contributed by atoms with van der Waals surface area (Å²) in [6.45, 7) is 4.23. The van der Waals surface area contributed by atoms with E-state index < -0.39 is 12.8 Å². The molecule has 0 amide bonds. The van der Waals surface area contributed by atoms with Crippen molar-refractivity contribution in [2.24, 2.45) is 0 Å². The summed E-state index contributed by atoms with van der Waals surface area (Å²) >= 11 is 1.39. The molecule has 0 spiro atoms. The van der Waals surface area contributed by atoms with E-state index >= 15 is 0 Å². The molecule has 7 heteroatoms. The molecule has 0 radical (unpaired) electrons. The molecule has 0 atom stereocenters. The van der Waals surface area contributed by atoms with Gasteiger partial charge in [0.25, 0.3) is 0 Å². The van der Waals surface area contributed by atoms with E-state index in [0.29, 0.717) is 11.6 Å². The quantitative estimate of drug-likeness (QED) is 0.781. The predicted molar refractivity (Wildman–Crippen MR) is 64.6 cm³/mol. The summed E-state index contributed by atoms with van der Waals surface area (Å²) in [6.07, 6.45) is -3.24. The number of alkyl halides is 3. The van der Waals surface area contributed by atoms with E-state index in [4.69, 9.17) is 0 Å². The van der Waals surface area contributed by atoms with Crippen LogP contribution in [-0.2, 0) is 17.9 Å². The predicted octanol–water partition coefficient (Wildman–Crippen LogP) is 3.03. The second-order valence-corrected chi connectivity index (χ2v) is 5.07. The van der Waals surface area contributed by atoms with Gasteiger partial charge in [-0.25, -0.2) is 4.98 Å². The maximum absolute atomic E-state index is 11.9. The average molecular weight is 282 g/mol. The summed E-state index contributed by atoms with van der Waals surface area (Å²) < 4.78 is 40.3. The van der Waals surface area contributed by atoms with E-state index in [2.05, 4.69) is 22.0 Å². The van der Waals surface area contributed by atoms with Crippen LogP contribution >= 0.6 is 11.3 Å². The second kappa shape index (κ2) is 7.06. The zero-order chi connectivity index (χ0) is 13.6. The van der Waals surface area contributed by atoms with Gasteiger partial charge in [0.2, 0.25) is 0 Å². The zero-order valence-electron chi connectivity index (χ0n) is 10.4. The van der Waals surface area contributed by atoms with Gasteiger partial charge in [-0.15, -0.1) is 11.3 Å². The molecule has 1 N–H and O–H groups in total. The molecule has 0 aliphatic heterocycles. The van der Waals surface area contributed by atoms with Crippen LogP contribution < -0.4 is 5.32 Å². The molecule has 0 unspecified atom stereocenters. The highest BCUT2D eigenvalue weighted by Gasteiger charge is 2.27. The molecular formula is C11H17F3N2OS. The summed E-state index contributed by atoms with van der Waals surface area (Å²) in [5.41, 5.74) is 0.856. The fraction of sp³-hybridized carbons (Fsp3) is 0.727. The van der Waals surface area contributed by atoms with E-state index in [1.807, 2.05) is 6.92 Å². The Kier molecular flexibility index (Phi) is 6.04. The van der Waals surface area contributed by atoms with Crippen molar-refractivity contribution in [2.75, 3.05) is 13.2 Å². The normalized spacial score (nSPS) is 12.1. The minimum Gasteiger partial charge on any atom is -0.365 e. The van der Waals surface area contributed by atoms with E-state index in [-0.39, 0.29) is 6.61 Å². The van der Waals surface area contributed by atoms with Crippen molar-refractivity contribution in [3.8, 4) is 0 Å². The van der Waals surface area contributed by atoms with Gasteiger partial charge in [-0.1, -0.05) is 6.92 Å². The van der Waals surface area contributed by atoms with Crippen LogP contribution in [-0.4, -0.2) is 24.3 Å². The number of nitrogens with one attached hydrogen (secondary N) is 1. The third-order valence-electron chi connectivity index (χ3n) is 2.14. The molecule has 1 aromatic heterocycles. The number of aromatic nitrogens is 1. The zero-order valence-corrected chi connectivity index (χ0v) is 11.2. The first-order chi connectivity index (χ1) is 8.42. The molecule has 0 aromatic carbocycles. The first kappa shape index (κ1) is 15.4. The average Bonchev–Trinajstić information content (AvgIpc) is 2.58. The van der Waals surface area contributed by atoms with Crippen molar-refractivity contribution < 1.29 is 17.9 Å².